The van der Waals surface area contributed by atoms with E-state index in [9.17, 15) is 4.79 Å². The summed E-state index contributed by atoms with van der Waals surface area (Å²) >= 11 is 7.53. The molecule has 4 rings (SSSR count). The van der Waals surface area contributed by atoms with Crippen LogP contribution in [0.1, 0.15) is 21.3 Å². The highest BCUT2D eigenvalue weighted by Gasteiger charge is 2.16. The maximum Gasteiger partial charge on any atom is 0.203 e. The number of rotatable bonds is 3. The summed E-state index contributed by atoms with van der Waals surface area (Å²) in [4.78, 5) is 21.2. The number of thiazole rings is 1. The van der Waals surface area contributed by atoms with E-state index in [0.29, 0.717) is 22.1 Å². The number of nitrogens with zero attached hydrogens (tertiary/aromatic N) is 2. The lowest BCUT2D eigenvalue weighted by molar-refractivity contribution is 0.0986. The maximum atomic E-state index is 12.3. The van der Waals surface area contributed by atoms with Gasteiger partial charge in [0.1, 0.15) is 11.0 Å². The number of carbonyl (C=O) groups excluding carboxylic acids is 1. The topological polar surface area (TPSA) is 56.0 Å². The van der Waals surface area contributed by atoms with Crippen LogP contribution in [0, 0.1) is 6.92 Å². The van der Waals surface area contributed by atoms with Gasteiger partial charge in [-0.15, -0.1) is 11.3 Å². The summed E-state index contributed by atoms with van der Waals surface area (Å²) in [7, 11) is 0. The Morgan fingerprint density at radius 2 is 2.13 bits per heavy atom. The molecule has 4 aromatic rings. The minimum atomic E-state index is -0.0789. The summed E-state index contributed by atoms with van der Waals surface area (Å²) in [6.45, 7) is 1.95. The van der Waals surface area contributed by atoms with Crippen molar-refractivity contribution in [3.8, 4) is 0 Å². The molecule has 0 N–H and O–H groups in total. The number of halogens is 1. The number of aromatic nitrogens is 2. The zero-order chi connectivity index (χ0) is 16.0. The van der Waals surface area contributed by atoms with Crippen LogP contribution in [-0.2, 0) is 6.42 Å². The number of fused-ring (bicyclic) bond motifs is 3. The molecule has 0 aliphatic carbocycles. The Kier molecular flexibility index (Phi) is 3.39. The van der Waals surface area contributed by atoms with Crippen LogP contribution >= 0.6 is 22.9 Å². The van der Waals surface area contributed by atoms with E-state index in [4.69, 9.17) is 16.0 Å². The van der Waals surface area contributed by atoms with E-state index in [2.05, 4.69) is 9.97 Å². The van der Waals surface area contributed by atoms with Gasteiger partial charge >= 0.3 is 0 Å². The Labute approximate surface area is 140 Å². The average molecular weight is 343 g/mol. The highest BCUT2D eigenvalue weighted by molar-refractivity contribution is 7.18. The summed E-state index contributed by atoms with van der Waals surface area (Å²) < 4.78 is 6.85. The number of ketones is 1. The van der Waals surface area contributed by atoms with Crippen molar-refractivity contribution >= 4 is 50.0 Å². The second-order valence-corrected chi connectivity index (χ2v) is 6.88. The molecule has 2 heterocycles. The van der Waals surface area contributed by atoms with Gasteiger partial charge in [-0.05, 0) is 31.2 Å². The van der Waals surface area contributed by atoms with Gasteiger partial charge in [-0.25, -0.2) is 9.97 Å². The van der Waals surface area contributed by atoms with Gasteiger partial charge in [0.15, 0.2) is 11.4 Å². The van der Waals surface area contributed by atoms with Gasteiger partial charge in [-0.1, -0.05) is 23.7 Å². The zero-order valence-corrected chi connectivity index (χ0v) is 13.7. The number of oxazole rings is 1. The smallest absolute Gasteiger partial charge is 0.203 e. The summed E-state index contributed by atoms with van der Waals surface area (Å²) in [6.07, 6.45) is 0.0969. The fourth-order valence-electron chi connectivity index (χ4n) is 2.51. The van der Waals surface area contributed by atoms with Gasteiger partial charge in [0.05, 0.1) is 16.1 Å². The Bertz CT molecular complexity index is 1050. The third-order valence-corrected chi connectivity index (χ3v) is 4.70. The van der Waals surface area contributed by atoms with E-state index in [1.54, 1.807) is 35.6 Å². The average Bonchev–Trinajstić information content (AvgIpc) is 3.08. The lowest BCUT2D eigenvalue weighted by atomic mass is 10.1. The highest BCUT2D eigenvalue weighted by Crippen LogP contribution is 2.29. The number of hydrogen-bond donors (Lipinski definition) is 0. The van der Waals surface area contributed by atoms with Crippen LogP contribution in [-0.4, -0.2) is 15.8 Å². The Morgan fingerprint density at radius 1 is 1.26 bits per heavy atom. The molecule has 0 saturated carbocycles. The lowest BCUT2D eigenvalue weighted by Crippen LogP contribution is -2.03. The third kappa shape index (κ3) is 2.62. The molecule has 2 aromatic carbocycles. The van der Waals surface area contributed by atoms with Crippen LogP contribution in [0.15, 0.2) is 40.8 Å². The molecule has 23 heavy (non-hydrogen) atoms. The number of Topliss-reactive ketones (excluding diaryl/α,β-unsaturated/α-hetero) is 1. The number of aryl methyl sites for hydroxylation is 1. The van der Waals surface area contributed by atoms with Crippen LogP contribution in [0.5, 0.6) is 0 Å². The highest BCUT2D eigenvalue weighted by atomic mass is 35.5. The quantitative estimate of drug-likeness (QED) is 0.501. The van der Waals surface area contributed by atoms with Crippen LogP contribution in [0.25, 0.3) is 21.3 Å². The van der Waals surface area contributed by atoms with Crippen molar-refractivity contribution in [3.63, 3.8) is 0 Å². The van der Waals surface area contributed by atoms with Gasteiger partial charge in [0, 0.05) is 10.6 Å². The van der Waals surface area contributed by atoms with Gasteiger partial charge in [0.2, 0.25) is 5.89 Å². The fourth-order valence-corrected chi connectivity index (χ4v) is 3.53. The molecule has 0 aliphatic rings. The zero-order valence-electron chi connectivity index (χ0n) is 12.2. The predicted molar refractivity (Wildman–Crippen MR) is 91.4 cm³/mol. The summed E-state index contributed by atoms with van der Waals surface area (Å²) in [5.74, 6) is 0.313. The molecule has 0 radical (unpaired) electrons. The minimum Gasteiger partial charge on any atom is -0.438 e. The van der Waals surface area contributed by atoms with Crippen molar-refractivity contribution in [2.24, 2.45) is 0 Å². The molecule has 2 aromatic heterocycles. The normalized spacial score (nSPS) is 11.4. The summed E-state index contributed by atoms with van der Waals surface area (Å²) in [5.41, 5.74) is 2.71. The molecule has 114 valence electrons. The van der Waals surface area contributed by atoms with Gasteiger partial charge in [0.25, 0.3) is 0 Å². The molecular formula is C17H11ClN2O2S. The minimum absolute atomic E-state index is 0.0789. The van der Waals surface area contributed by atoms with E-state index in [1.165, 1.54) is 0 Å². The standard InChI is InChI=1S/C17H11ClN2O2S/c1-9-19-16-14(23-9)6-5-12-17(16)22-15(20-12)8-13(21)10-3-2-4-11(18)7-10/h2-7H,8H2,1H3. The van der Waals surface area contributed by atoms with E-state index in [-0.39, 0.29) is 12.2 Å². The van der Waals surface area contributed by atoms with Crippen molar-refractivity contribution in [1.29, 1.82) is 0 Å². The van der Waals surface area contributed by atoms with Gasteiger partial charge < -0.3 is 4.42 Å². The second kappa shape index (κ2) is 5.44. The monoisotopic (exact) mass is 342 g/mol. The molecular weight excluding hydrogens is 332 g/mol. The van der Waals surface area contributed by atoms with Crippen molar-refractivity contribution in [3.05, 3.63) is 57.9 Å². The Morgan fingerprint density at radius 3 is 2.96 bits per heavy atom. The van der Waals surface area contributed by atoms with Crippen molar-refractivity contribution in [1.82, 2.24) is 9.97 Å². The molecule has 4 nitrogen and oxygen atoms in total. The van der Waals surface area contributed by atoms with E-state index < -0.39 is 0 Å². The Balaban J connectivity index is 1.72. The fraction of sp³-hybridized carbons (Fsp3) is 0.118. The predicted octanol–water partition coefficient (Wildman–Crippen LogP) is 4.82. The van der Waals surface area contributed by atoms with Crippen LogP contribution in [0.3, 0.4) is 0 Å². The number of benzene rings is 2. The van der Waals surface area contributed by atoms with E-state index >= 15 is 0 Å². The van der Waals surface area contributed by atoms with Crippen molar-refractivity contribution < 1.29 is 9.21 Å². The lowest BCUT2D eigenvalue weighted by Gasteiger charge is -1.98. The van der Waals surface area contributed by atoms with Gasteiger partial charge in [-0.3, -0.25) is 4.79 Å². The largest absolute Gasteiger partial charge is 0.438 e. The van der Waals surface area contributed by atoms with Crippen LogP contribution < -0.4 is 0 Å². The number of hydrogen-bond acceptors (Lipinski definition) is 5. The van der Waals surface area contributed by atoms with Gasteiger partial charge in [-0.2, -0.15) is 0 Å². The molecule has 0 amide bonds. The second-order valence-electron chi connectivity index (χ2n) is 5.21. The first-order valence-corrected chi connectivity index (χ1v) is 8.24. The number of carbonyl (C=O) groups is 1. The molecule has 0 fully saturated rings. The molecule has 6 heteroatoms. The van der Waals surface area contributed by atoms with Crippen LogP contribution in [0.2, 0.25) is 5.02 Å². The van der Waals surface area contributed by atoms with Crippen molar-refractivity contribution in [2.45, 2.75) is 13.3 Å². The Hall–Kier alpha value is -2.24. The van der Waals surface area contributed by atoms with E-state index in [1.807, 2.05) is 19.1 Å². The third-order valence-electron chi connectivity index (χ3n) is 3.52. The molecule has 0 bridgehead atoms. The first kappa shape index (κ1) is 14.4. The molecule has 0 unspecified atom stereocenters. The summed E-state index contributed by atoms with van der Waals surface area (Å²) in [6, 6.07) is 10.7. The molecule has 0 spiro atoms. The summed E-state index contributed by atoms with van der Waals surface area (Å²) in [5, 5.41) is 1.51. The van der Waals surface area contributed by atoms with Crippen molar-refractivity contribution in [2.75, 3.05) is 0 Å². The first-order valence-electron chi connectivity index (χ1n) is 7.04. The molecule has 0 atom stereocenters. The molecule has 0 aliphatic heterocycles. The first-order chi connectivity index (χ1) is 11.1. The SMILES string of the molecule is Cc1nc2c(ccc3nc(CC(=O)c4cccc(Cl)c4)oc32)s1. The van der Waals surface area contributed by atoms with E-state index in [0.717, 1.165) is 20.7 Å². The maximum absolute atomic E-state index is 12.3. The van der Waals surface area contributed by atoms with Crippen LogP contribution in [0.4, 0.5) is 0 Å². The molecule has 0 saturated heterocycles.